The molecule has 1 heterocycles. The van der Waals surface area contributed by atoms with E-state index >= 15 is 0 Å². The maximum absolute atomic E-state index is 12.4. The van der Waals surface area contributed by atoms with Crippen molar-refractivity contribution in [1.29, 1.82) is 0 Å². The largest absolute Gasteiger partial charge is 0.322 e. The van der Waals surface area contributed by atoms with Gasteiger partial charge in [-0.25, -0.2) is 13.6 Å². The maximum atomic E-state index is 12.4. The molecule has 0 bridgehead atoms. The zero-order valence-electron chi connectivity index (χ0n) is 14.7. The first-order chi connectivity index (χ1) is 12.7. The monoisotopic (exact) mass is 403 g/mol. The molecule has 0 aliphatic carbocycles. The summed E-state index contributed by atoms with van der Waals surface area (Å²) in [6.45, 7) is 4.04. The van der Waals surface area contributed by atoms with Gasteiger partial charge in [-0.05, 0) is 68.4 Å². The van der Waals surface area contributed by atoms with Gasteiger partial charge >= 0.3 is 0 Å². The highest BCUT2D eigenvalue weighted by atomic mass is 35.5. The lowest BCUT2D eigenvalue weighted by Crippen LogP contribution is -2.16. The van der Waals surface area contributed by atoms with Gasteiger partial charge in [0.1, 0.15) is 4.90 Å². The Kier molecular flexibility index (Phi) is 5.10. The Morgan fingerprint density at radius 1 is 1.00 bits per heavy atom. The van der Waals surface area contributed by atoms with E-state index in [-0.39, 0.29) is 15.5 Å². The van der Waals surface area contributed by atoms with Crippen LogP contribution in [0.3, 0.4) is 0 Å². The van der Waals surface area contributed by atoms with Crippen LogP contribution in [0.5, 0.6) is 0 Å². The van der Waals surface area contributed by atoms with Crippen LogP contribution >= 0.6 is 11.6 Å². The van der Waals surface area contributed by atoms with Gasteiger partial charge in [-0.3, -0.25) is 4.79 Å². The summed E-state index contributed by atoms with van der Waals surface area (Å²) in [5.41, 5.74) is 3.93. The topological polar surface area (TPSA) is 94.2 Å². The number of nitrogens with two attached hydrogens (primary N) is 1. The molecular formula is C19H18ClN3O3S. The number of sulfonamides is 1. The van der Waals surface area contributed by atoms with Crippen LogP contribution in [0.4, 0.5) is 5.69 Å². The van der Waals surface area contributed by atoms with Crippen molar-refractivity contribution in [3.8, 4) is 5.69 Å². The molecule has 6 nitrogen and oxygen atoms in total. The first-order valence-electron chi connectivity index (χ1n) is 8.06. The van der Waals surface area contributed by atoms with E-state index in [4.69, 9.17) is 16.7 Å². The second-order valence-electron chi connectivity index (χ2n) is 6.14. The molecule has 1 aromatic heterocycles. The Labute approximate surface area is 162 Å². The van der Waals surface area contributed by atoms with E-state index in [0.29, 0.717) is 5.69 Å². The van der Waals surface area contributed by atoms with Gasteiger partial charge in [0, 0.05) is 28.3 Å². The van der Waals surface area contributed by atoms with E-state index in [0.717, 1.165) is 23.1 Å². The van der Waals surface area contributed by atoms with Gasteiger partial charge < -0.3 is 9.88 Å². The molecule has 0 radical (unpaired) electrons. The quantitative estimate of drug-likeness (QED) is 0.696. The summed E-state index contributed by atoms with van der Waals surface area (Å²) in [5.74, 6) is -0.461. The van der Waals surface area contributed by atoms with Crippen LogP contribution in [0.25, 0.3) is 5.69 Å². The lowest BCUT2D eigenvalue weighted by Gasteiger charge is -2.11. The number of amides is 1. The maximum Gasteiger partial charge on any atom is 0.255 e. The van der Waals surface area contributed by atoms with Crippen molar-refractivity contribution in [2.45, 2.75) is 18.7 Å². The number of carbonyl (C=O) groups excluding carboxylic acids is 1. The van der Waals surface area contributed by atoms with Crippen molar-refractivity contribution < 1.29 is 13.2 Å². The van der Waals surface area contributed by atoms with Crippen LogP contribution in [-0.4, -0.2) is 18.9 Å². The number of aromatic nitrogens is 1. The number of halogens is 1. The molecule has 0 aliphatic heterocycles. The minimum absolute atomic E-state index is 0.0316. The van der Waals surface area contributed by atoms with Crippen LogP contribution in [0.15, 0.2) is 59.5 Å². The molecule has 27 heavy (non-hydrogen) atoms. The molecule has 2 aromatic carbocycles. The summed E-state index contributed by atoms with van der Waals surface area (Å²) in [7, 11) is -4.02. The van der Waals surface area contributed by atoms with E-state index in [1.165, 1.54) is 12.1 Å². The Hall–Kier alpha value is -2.61. The Balaban J connectivity index is 1.83. The van der Waals surface area contributed by atoms with Gasteiger partial charge in [0.2, 0.25) is 10.0 Å². The third-order valence-electron chi connectivity index (χ3n) is 4.15. The highest BCUT2D eigenvalue weighted by Crippen LogP contribution is 2.23. The number of hydrogen-bond donors (Lipinski definition) is 2. The standard InChI is InChI=1S/C19H18ClN3O3S/c1-12-3-4-13(2)23(12)16-8-6-15(7-9-16)22-19(24)14-5-10-17(20)18(11-14)27(21,25)26/h3-11H,1-2H3,(H,22,24)(H2,21,25,26). The van der Waals surface area contributed by atoms with E-state index in [1.54, 1.807) is 12.1 Å². The van der Waals surface area contributed by atoms with Crippen LogP contribution in [0.1, 0.15) is 21.7 Å². The molecule has 0 fully saturated rings. The summed E-state index contributed by atoms with van der Waals surface area (Å²) < 4.78 is 25.2. The first kappa shape index (κ1) is 19.2. The predicted molar refractivity (Wildman–Crippen MR) is 106 cm³/mol. The Morgan fingerprint density at radius 3 is 2.15 bits per heavy atom. The summed E-state index contributed by atoms with van der Waals surface area (Å²) >= 11 is 5.84. The molecular weight excluding hydrogens is 386 g/mol. The van der Waals surface area contributed by atoms with E-state index in [1.807, 2.05) is 38.1 Å². The third-order valence-corrected chi connectivity index (χ3v) is 5.55. The molecule has 8 heteroatoms. The van der Waals surface area contributed by atoms with Crippen LogP contribution < -0.4 is 10.5 Å². The zero-order chi connectivity index (χ0) is 19.8. The second kappa shape index (κ2) is 7.19. The molecule has 3 N–H and O–H groups in total. The molecule has 1 amide bonds. The molecule has 0 aliphatic rings. The molecule has 140 valence electrons. The summed E-state index contributed by atoms with van der Waals surface area (Å²) in [5, 5.41) is 7.82. The van der Waals surface area contributed by atoms with Crippen molar-refractivity contribution in [2.75, 3.05) is 5.32 Å². The van der Waals surface area contributed by atoms with Crippen molar-refractivity contribution in [3.05, 3.63) is 76.6 Å². The van der Waals surface area contributed by atoms with Crippen LogP contribution in [-0.2, 0) is 10.0 Å². The first-order valence-corrected chi connectivity index (χ1v) is 9.98. The lowest BCUT2D eigenvalue weighted by atomic mass is 10.2. The van der Waals surface area contributed by atoms with E-state index in [9.17, 15) is 13.2 Å². The fourth-order valence-corrected chi connectivity index (χ4v) is 3.91. The number of aryl methyl sites for hydroxylation is 2. The molecule has 0 spiro atoms. The summed E-state index contributed by atoms with van der Waals surface area (Å²) in [6, 6.07) is 15.4. The molecule has 0 unspecified atom stereocenters. The van der Waals surface area contributed by atoms with Gasteiger partial charge in [0.25, 0.3) is 5.91 Å². The fourth-order valence-electron chi connectivity index (χ4n) is 2.84. The van der Waals surface area contributed by atoms with Gasteiger partial charge in [0.15, 0.2) is 0 Å². The van der Waals surface area contributed by atoms with Gasteiger partial charge in [0.05, 0.1) is 5.02 Å². The SMILES string of the molecule is Cc1ccc(C)n1-c1ccc(NC(=O)c2ccc(Cl)c(S(N)(=O)=O)c2)cc1. The third kappa shape index (κ3) is 4.05. The number of anilines is 1. The fraction of sp³-hybridized carbons (Fsp3) is 0.105. The molecule has 0 saturated carbocycles. The number of nitrogens with zero attached hydrogens (tertiary/aromatic N) is 1. The average Bonchev–Trinajstić information content (AvgIpc) is 2.93. The van der Waals surface area contributed by atoms with E-state index < -0.39 is 15.9 Å². The van der Waals surface area contributed by atoms with Gasteiger partial charge in [-0.1, -0.05) is 11.6 Å². The highest BCUT2D eigenvalue weighted by Gasteiger charge is 2.16. The van der Waals surface area contributed by atoms with Crippen LogP contribution in [0, 0.1) is 13.8 Å². The average molecular weight is 404 g/mol. The highest BCUT2D eigenvalue weighted by molar-refractivity contribution is 7.89. The van der Waals surface area contributed by atoms with Crippen LogP contribution in [0.2, 0.25) is 5.02 Å². The lowest BCUT2D eigenvalue weighted by molar-refractivity contribution is 0.102. The normalized spacial score (nSPS) is 11.4. The molecule has 3 aromatic rings. The van der Waals surface area contributed by atoms with Crippen molar-refractivity contribution in [2.24, 2.45) is 5.14 Å². The minimum Gasteiger partial charge on any atom is -0.322 e. The van der Waals surface area contributed by atoms with Crippen molar-refractivity contribution in [1.82, 2.24) is 4.57 Å². The number of hydrogen-bond acceptors (Lipinski definition) is 3. The Bertz CT molecular complexity index is 1100. The second-order valence-corrected chi connectivity index (χ2v) is 8.08. The van der Waals surface area contributed by atoms with Crippen molar-refractivity contribution in [3.63, 3.8) is 0 Å². The Morgan fingerprint density at radius 2 is 1.59 bits per heavy atom. The molecule has 0 saturated heterocycles. The summed E-state index contributed by atoms with van der Waals surface area (Å²) in [4.78, 5) is 12.1. The number of nitrogens with one attached hydrogen (secondary N) is 1. The predicted octanol–water partition coefficient (Wildman–Crippen LogP) is 3.65. The molecule has 3 rings (SSSR count). The zero-order valence-corrected chi connectivity index (χ0v) is 16.3. The smallest absolute Gasteiger partial charge is 0.255 e. The summed E-state index contributed by atoms with van der Waals surface area (Å²) in [6.07, 6.45) is 0. The number of rotatable bonds is 4. The van der Waals surface area contributed by atoms with Gasteiger partial charge in [-0.15, -0.1) is 0 Å². The molecule has 0 atom stereocenters. The minimum atomic E-state index is -4.02. The van der Waals surface area contributed by atoms with E-state index in [2.05, 4.69) is 9.88 Å². The number of benzene rings is 2. The van der Waals surface area contributed by atoms with Crippen molar-refractivity contribution >= 4 is 33.2 Å². The number of carbonyl (C=O) groups is 1. The number of primary sulfonamides is 1. The van der Waals surface area contributed by atoms with Gasteiger partial charge in [-0.2, -0.15) is 0 Å².